The highest BCUT2D eigenvalue weighted by molar-refractivity contribution is 5.95. The smallest absolute Gasteiger partial charge is 0.224 e. The molecular formula is C16H27ClN2O4. The third-order valence-corrected chi connectivity index (χ3v) is 3.54. The van der Waals surface area contributed by atoms with E-state index in [1.807, 2.05) is 6.07 Å². The molecule has 1 aromatic rings. The number of nitrogens with one attached hydrogen (secondary N) is 2. The number of hydroxylamine groups is 1. The maximum Gasteiger partial charge on any atom is 0.224 e. The predicted molar refractivity (Wildman–Crippen MR) is 93.0 cm³/mol. The van der Waals surface area contributed by atoms with Crippen molar-refractivity contribution < 1.29 is 20.2 Å². The molecule has 1 heterocycles. The van der Waals surface area contributed by atoms with Crippen molar-refractivity contribution in [3.05, 3.63) is 23.3 Å². The van der Waals surface area contributed by atoms with E-state index in [0.717, 1.165) is 24.9 Å². The number of rotatable bonds is 7. The molecule has 0 aromatic heterocycles. The molecule has 1 amide bonds. The first kappa shape index (κ1) is 21.7. The summed E-state index contributed by atoms with van der Waals surface area (Å²) in [5, 5.41) is 12.6. The number of phenolic OH excluding ortho intramolecular Hbond substituents is 1. The van der Waals surface area contributed by atoms with Gasteiger partial charge in [-0.2, -0.15) is 0 Å². The minimum atomic E-state index is -0.0313. The van der Waals surface area contributed by atoms with Gasteiger partial charge < -0.3 is 20.7 Å². The van der Waals surface area contributed by atoms with Gasteiger partial charge in [0.25, 0.3) is 0 Å². The van der Waals surface area contributed by atoms with Crippen molar-refractivity contribution in [1.29, 1.82) is 0 Å². The molecular weight excluding hydrogens is 320 g/mol. The fourth-order valence-corrected chi connectivity index (χ4v) is 2.41. The van der Waals surface area contributed by atoms with Crippen LogP contribution in [-0.4, -0.2) is 29.6 Å². The second-order valence-corrected chi connectivity index (χ2v) is 5.84. The minimum Gasteiger partial charge on any atom is -0.506 e. The van der Waals surface area contributed by atoms with Gasteiger partial charge in [-0.3, -0.25) is 4.79 Å². The summed E-state index contributed by atoms with van der Waals surface area (Å²) in [6, 6.07) is 3.59. The van der Waals surface area contributed by atoms with Gasteiger partial charge in [0.2, 0.25) is 5.91 Å². The second-order valence-electron chi connectivity index (χ2n) is 5.84. The van der Waals surface area contributed by atoms with Crippen molar-refractivity contribution in [3.8, 4) is 5.75 Å². The Kier molecular flexibility index (Phi) is 9.83. The molecule has 0 aliphatic carbocycles. The monoisotopic (exact) mass is 346 g/mol. The molecule has 1 aromatic carbocycles. The molecule has 2 rings (SSSR count). The number of hydrogen-bond donors (Lipinski definition) is 3. The SMILES string of the molecule is CC(C)CNOCCCc1ccc(O)c2c1CCC(=O)N2.Cl.O. The van der Waals surface area contributed by atoms with Crippen LogP contribution in [0.4, 0.5) is 5.69 Å². The summed E-state index contributed by atoms with van der Waals surface area (Å²) in [6.07, 6.45) is 2.95. The van der Waals surface area contributed by atoms with E-state index in [1.54, 1.807) is 6.07 Å². The molecule has 6 nitrogen and oxygen atoms in total. The molecule has 0 fully saturated rings. The van der Waals surface area contributed by atoms with E-state index < -0.39 is 0 Å². The number of amides is 1. The van der Waals surface area contributed by atoms with Gasteiger partial charge in [0.1, 0.15) is 5.75 Å². The molecule has 1 aliphatic rings. The first-order chi connectivity index (χ1) is 10.1. The molecule has 1 aliphatic heterocycles. The number of halogens is 1. The zero-order chi connectivity index (χ0) is 15.2. The predicted octanol–water partition coefficient (Wildman–Crippen LogP) is 1.98. The van der Waals surface area contributed by atoms with Crippen LogP contribution >= 0.6 is 12.4 Å². The van der Waals surface area contributed by atoms with Gasteiger partial charge in [0.15, 0.2) is 0 Å². The molecule has 0 atom stereocenters. The van der Waals surface area contributed by atoms with E-state index in [-0.39, 0.29) is 29.5 Å². The van der Waals surface area contributed by atoms with Crippen LogP contribution in [0.15, 0.2) is 12.1 Å². The lowest BCUT2D eigenvalue weighted by Crippen LogP contribution is -2.21. The summed E-state index contributed by atoms with van der Waals surface area (Å²) in [6.45, 7) is 5.76. The molecule has 0 unspecified atom stereocenters. The summed E-state index contributed by atoms with van der Waals surface area (Å²) in [4.78, 5) is 16.8. The van der Waals surface area contributed by atoms with E-state index in [2.05, 4.69) is 24.6 Å². The summed E-state index contributed by atoms with van der Waals surface area (Å²) in [5.41, 5.74) is 5.77. The summed E-state index contributed by atoms with van der Waals surface area (Å²) < 4.78 is 0. The average Bonchev–Trinajstić information content (AvgIpc) is 2.45. The topological polar surface area (TPSA) is 102 Å². The largest absolute Gasteiger partial charge is 0.506 e. The van der Waals surface area contributed by atoms with Crippen LogP contribution in [0.1, 0.15) is 37.8 Å². The average molecular weight is 347 g/mol. The number of carbonyl (C=O) groups is 1. The summed E-state index contributed by atoms with van der Waals surface area (Å²) in [7, 11) is 0. The number of benzene rings is 1. The number of aryl methyl sites for hydroxylation is 1. The zero-order valence-corrected chi connectivity index (χ0v) is 14.5. The van der Waals surface area contributed by atoms with E-state index in [1.165, 1.54) is 5.56 Å². The van der Waals surface area contributed by atoms with Gasteiger partial charge in [-0.1, -0.05) is 19.9 Å². The van der Waals surface area contributed by atoms with Gasteiger partial charge in [-0.15, -0.1) is 12.4 Å². The molecule has 23 heavy (non-hydrogen) atoms. The first-order valence-corrected chi connectivity index (χ1v) is 7.56. The molecule has 0 saturated heterocycles. The van der Waals surface area contributed by atoms with Crippen molar-refractivity contribution in [3.63, 3.8) is 0 Å². The van der Waals surface area contributed by atoms with E-state index in [4.69, 9.17) is 4.84 Å². The van der Waals surface area contributed by atoms with Crippen molar-refractivity contribution in [2.75, 3.05) is 18.5 Å². The molecule has 5 N–H and O–H groups in total. The number of aromatic hydroxyl groups is 1. The Bertz CT molecular complexity index is 509. The van der Waals surface area contributed by atoms with Crippen molar-refractivity contribution >= 4 is 24.0 Å². The van der Waals surface area contributed by atoms with Crippen molar-refractivity contribution in [1.82, 2.24) is 5.48 Å². The Balaban J connectivity index is 0.00000242. The van der Waals surface area contributed by atoms with Gasteiger partial charge in [0.05, 0.1) is 12.3 Å². The van der Waals surface area contributed by atoms with Crippen LogP contribution in [0.2, 0.25) is 0 Å². The summed E-state index contributed by atoms with van der Waals surface area (Å²) >= 11 is 0. The number of hydrogen-bond acceptors (Lipinski definition) is 4. The molecule has 0 spiro atoms. The zero-order valence-electron chi connectivity index (χ0n) is 13.6. The fourth-order valence-electron chi connectivity index (χ4n) is 2.41. The Morgan fingerprint density at radius 1 is 1.35 bits per heavy atom. The number of fused-ring (bicyclic) bond motifs is 1. The Hall–Kier alpha value is -1.34. The molecule has 0 bridgehead atoms. The van der Waals surface area contributed by atoms with Gasteiger partial charge >= 0.3 is 0 Å². The van der Waals surface area contributed by atoms with Crippen molar-refractivity contribution in [2.45, 2.75) is 39.5 Å². The first-order valence-electron chi connectivity index (χ1n) is 7.56. The van der Waals surface area contributed by atoms with E-state index in [0.29, 0.717) is 31.1 Å². The lowest BCUT2D eigenvalue weighted by Gasteiger charge is -2.21. The third-order valence-electron chi connectivity index (χ3n) is 3.54. The standard InChI is InChI=1S/C16H24N2O3.ClH.H2O/c1-11(2)10-17-21-9-3-4-12-5-7-14(19)16-13(12)6-8-15(20)18-16;;/h5,7,11,17,19H,3-4,6,8-10H2,1-2H3,(H,18,20);1H;1H2. The van der Waals surface area contributed by atoms with Crippen LogP contribution in [0, 0.1) is 5.92 Å². The van der Waals surface area contributed by atoms with Crippen molar-refractivity contribution in [2.24, 2.45) is 5.92 Å². The van der Waals surface area contributed by atoms with Crippen LogP contribution in [0.25, 0.3) is 0 Å². The molecule has 0 radical (unpaired) electrons. The number of anilines is 1. The third kappa shape index (κ3) is 6.35. The van der Waals surface area contributed by atoms with E-state index in [9.17, 15) is 9.90 Å². The highest BCUT2D eigenvalue weighted by atomic mass is 35.5. The molecule has 132 valence electrons. The number of phenols is 1. The van der Waals surface area contributed by atoms with Crippen LogP contribution in [0.5, 0.6) is 5.75 Å². The molecule has 0 saturated carbocycles. The Labute approximate surface area is 143 Å². The fraction of sp³-hybridized carbons (Fsp3) is 0.562. The van der Waals surface area contributed by atoms with Crippen LogP contribution in [-0.2, 0) is 22.5 Å². The normalized spacial score (nSPS) is 12.9. The highest BCUT2D eigenvalue weighted by Crippen LogP contribution is 2.34. The lowest BCUT2D eigenvalue weighted by atomic mass is 9.94. The van der Waals surface area contributed by atoms with Gasteiger partial charge in [-0.25, -0.2) is 5.48 Å². The Morgan fingerprint density at radius 2 is 2.09 bits per heavy atom. The Morgan fingerprint density at radius 3 is 2.78 bits per heavy atom. The highest BCUT2D eigenvalue weighted by Gasteiger charge is 2.20. The summed E-state index contributed by atoms with van der Waals surface area (Å²) in [5.74, 6) is 0.686. The van der Waals surface area contributed by atoms with Gasteiger partial charge in [0, 0.05) is 13.0 Å². The second kappa shape index (κ2) is 10.4. The van der Waals surface area contributed by atoms with Crippen LogP contribution < -0.4 is 10.8 Å². The van der Waals surface area contributed by atoms with Crippen LogP contribution in [0.3, 0.4) is 0 Å². The lowest BCUT2D eigenvalue weighted by molar-refractivity contribution is -0.116. The van der Waals surface area contributed by atoms with Gasteiger partial charge in [-0.05, 0) is 42.4 Å². The molecule has 7 heteroatoms. The minimum absolute atomic E-state index is 0. The number of carbonyl (C=O) groups excluding carboxylic acids is 1. The quantitative estimate of drug-likeness (QED) is 0.399. The maximum absolute atomic E-state index is 11.4. The maximum atomic E-state index is 11.4. The van der Waals surface area contributed by atoms with E-state index >= 15 is 0 Å².